The van der Waals surface area contributed by atoms with E-state index in [-0.39, 0.29) is 47.2 Å². The average molecular weight is 267 g/mol. The Kier molecular flexibility index (Phi) is 8.21. The molecule has 0 spiro atoms. The first-order chi connectivity index (χ1) is 7.38. The van der Waals surface area contributed by atoms with Gasteiger partial charge in [-0.15, -0.1) is 0 Å². The van der Waals surface area contributed by atoms with Crippen molar-refractivity contribution >= 4 is 27.8 Å². The second-order valence-corrected chi connectivity index (χ2v) is 3.49. The first-order valence-corrected chi connectivity index (χ1v) is 4.71. The number of allylic oxidation sites excluding steroid dienone is 1. The molecule has 0 N–H and O–H groups in total. The molecule has 0 atom stereocenters. The number of hydrogen-bond donors (Lipinski definition) is 0. The van der Waals surface area contributed by atoms with Crippen molar-refractivity contribution in [1.82, 2.24) is 0 Å². The van der Waals surface area contributed by atoms with Crippen molar-refractivity contribution in [3.8, 4) is 0 Å². The third kappa shape index (κ3) is 4.81. The van der Waals surface area contributed by atoms with Crippen LogP contribution >= 0.6 is 9.90 Å². The summed E-state index contributed by atoms with van der Waals surface area (Å²) in [5, 5.41) is 10.3. The maximum Gasteiger partial charge on any atom is 1.00 e. The minimum Gasteiger partial charge on any atom is -0.577 e. The van der Waals surface area contributed by atoms with Crippen molar-refractivity contribution in [2.75, 3.05) is 0 Å². The number of esters is 2. The minimum atomic E-state index is -1.53. The fraction of sp³-hybridized carbons (Fsp3) is 0.500. The molecule has 0 amide bonds. The van der Waals surface area contributed by atoms with E-state index in [1.165, 1.54) is 19.9 Å². The van der Waals surface area contributed by atoms with Gasteiger partial charge in [0.05, 0.1) is 0 Å². The van der Waals surface area contributed by atoms with Crippen molar-refractivity contribution in [2.45, 2.75) is 32.5 Å². The van der Waals surface area contributed by atoms with Gasteiger partial charge >= 0.3 is 30.8 Å². The summed E-state index contributed by atoms with van der Waals surface area (Å²) in [4.78, 5) is 32.9. The van der Waals surface area contributed by atoms with Crippen LogP contribution in [0, 0.1) is 0 Å². The Labute approximate surface area is 120 Å². The summed E-state index contributed by atoms with van der Waals surface area (Å²) in [6.07, 6.45) is 0.787. The smallest absolute Gasteiger partial charge is 0.577 e. The molecule has 0 bridgehead atoms. The first-order valence-electron chi connectivity index (χ1n) is 4.71. The van der Waals surface area contributed by atoms with E-state index >= 15 is 0 Å². The van der Waals surface area contributed by atoms with Crippen LogP contribution < -0.4 is 24.0 Å². The van der Waals surface area contributed by atoms with Crippen molar-refractivity contribution in [3.05, 3.63) is 11.6 Å². The molecule has 0 aromatic heterocycles. The van der Waals surface area contributed by atoms with Crippen LogP contribution in [0.4, 0.5) is 0 Å². The normalized spacial score (nSPS) is 22.0. The van der Waals surface area contributed by atoms with Crippen LogP contribution in [-0.2, 0) is 23.9 Å². The van der Waals surface area contributed by atoms with Crippen LogP contribution in [0.1, 0.15) is 26.7 Å². The maximum atomic E-state index is 11.3. The number of rotatable bonds is 3. The number of carboxylic acid groups (broad SMARTS) is 1. The second-order valence-electron chi connectivity index (χ2n) is 3.49. The van der Waals surface area contributed by atoms with Crippen LogP contribution in [0.3, 0.4) is 0 Å². The molecule has 1 rings (SSSR count). The van der Waals surface area contributed by atoms with Gasteiger partial charge < -0.3 is 29.3 Å². The zero-order chi connectivity index (χ0) is 12.3. The van der Waals surface area contributed by atoms with E-state index in [0.717, 1.165) is 0 Å². The molecule has 0 aromatic rings. The Morgan fingerprint density at radius 2 is 1.78 bits per heavy atom. The third-order valence-electron chi connectivity index (χ3n) is 2.13. The molecular formula is C10H13LiO6P-. The molecule has 1 heterocycles. The standard InChI is InChI=1S/C10H12O6.Li.H2P/c1-3-6-8(13)15-10(2,16-9(6)14)5-4-7(11)12;;/h3H,4-5H2,1-2H3,(H,11,12);;1H2/q;+1;-1/p-1. The van der Waals surface area contributed by atoms with E-state index < -0.39 is 23.7 Å². The summed E-state index contributed by atoms with van der Waals surface area (Å²) < 4.78 is 9.71. The number of aliphatic carboxylic acids is 1. The topological polar surface area (TPSA) is 92.7 Å². The predicted molar refractivity (Wildman–Crippen MR) is 58.3 cm³/mol. The SMILES string of the molecule is CC=C1C(=O)OC(C)(CCC(=O)[O-])OC1=O.[Li+].[PH2-]. The molecule has 1 aliphatic heterocycles. The fourth-order valence-electron chi connectivity index (χ4n) is 1.27. The molecule has 1 saturated heterocycles. The maximum absolute atomic E-state index is 11.3. The van der Waals surface area contributed by atoms with Gasteiger partial charge in [0.25, 0.3) is 5.79 Å². The molecule has 1 fully saturated rings. The van der Waals surface area contributed by atoms with Crippen molar-refractivity contribution in [2.24, 2.45) is 0 Å². The second kappa shape index (κ2) is 7.58. The van der Waals surface area contributed by atoms with Crippen molar-refractivity contribution < 1.29 is 47.8 Å². The largest absolute Gasteiger partial charge is 1.00 e. The summed E-state index contributed by atoms with van der Waals surface area (Å²) >= 11 is 0. The summed E-state index contributed by atoms with van der Waals surface area (Å²) in [7, 11) is 0. The van der Waals surface area contributed by atoms with Crippen molar-refractivity contribution in [3.63, 3.8) is 0 Å². The zero-order valence-electron chi connectivity index (χ0n) is 10.5. The van der Waals surface area contributed by atoms with Crippen LogP contribution in [0.25, 0.3) is 0 Å². The van der Waals surface area contributed by atoms with Crippen LogP contribution in [0.15, 0.2) is 11.6 Å². The molecular weight excluding hydrogens is 254 g/mol. The van der Waals surface area contributed by atoms with Gasteiger partial charge in [0.2, 0.25) is 0 Å². The number of carboxylic acids is 1. The van der Waals surface area contributed by atoms with E-state index in [9.17, 15) is 19.5 Å². The van der Waals surface area contributed by atoms with E-state index in [1.807, 2.05) is 0 Å². The minimum absolute atomic E-state index is 0. The van der Waals surface area contributed by atoms with E-state index in [4.69, 9.17) is 9.47 Å². The average Bonchev–Trinajstić information content (AvgIpc) is 2.14. The number of carbonyl (C=O) groups is 3. The molecule has 18 heavy (non-hydrogen) atoms. The Bertz CT molecular complexity index is 359. The molecule has 0 unspecified atom stereocenters. The molecule has 8 heteroatoms. The van der Waals surface area contributed by atoms with Crippen molar-refractivity contribution in [1.29, 1.82) is 0 Å². The number of hydrogen-bond acceptors (Lipinski definition) is 6. The molecule has 6 nitrogen and oxygen atoms in total. The van der Waals surface area contributed by atoms with E-state index in [0.29, 0.717) is 0 Å². The monoisotopic (exact) mass is 267 g/mol. The Balaban J connectivity index is 0. The summed E-state index contributed by atoms with van der Waals surface area (Å²) in [5.41, 5.74) is -0.189. The van der Waals surface area contributed by atoms with E-state index in [1.54, 1.807) is 0 Å². The van der Waals surface area contributed by atoms with Crippen LogP contribution in [0.2, 0.25) is 0 Å². The van der Waals surface area contributed by atoms with Gasteiger partial charge in [-0.2, -0.15) is 0 Å². The van der Waals surface area contributed by atoms with Crippen LogP contribution in [-0.4, -0.2) is 23.7 Å². The van der Waals surface area contributed by atoms with Gasteiger partial charge in [-0.3, -0.25) is 0 Å². The molecule has 0 aliphatic carbocycles. The van der Waals surface area contributed by atoms with Gasteiger partial charge in [0.15, 0.2) is 0 Å². The summed E-state index contributed by atoms with van der Waals surface area (Å²) in [6, 6.07) is 0. The quantitative estimate of drug-likeness (QED) is 0.174. The number of cyclic esters (lactones) is 2. The van der Waals surface area contributed by atoms with Crippen LogP contribution in [0.5, 0.6) is 0 Å². The predicted octanol–water partition coefficient (Wildman–Crippen LogP) is -3.39. The van der Waals surface area contributed by atoms with Gasteiger partial charge in [-0.1, -0.05) is 6.08 Å². The number of carbonyl (C=O) groups excluding carboxylic acids is 3. The first kappa shape index (κ1) is 19.5. The molecule has 0 aromatic carbocycles. The molecule has 0 saturated carbocycles. The number of ether oxygens (including phenoxy) is 2. The van der Waals surface area contributed by atoms with Gasteiger partial charge in [0.1, 0.15) is 5.57 Å². The third-order valence-corrected chi connectivity index (χ3v) is 2.13. The Hall–Kier alpha value is -0.823. The zero-order valence-corrected chi connectivity index (χ0v) is 11.7. The van der Waals surface area contributed by atoms with E-state index in [2.05, 4.69) is 0 Å². The van der Waals surface area contributed by atoms with Gasteiger partial charge in [-0.05, 0) is 13.3 Å². The van der Waals surface area contributed by atoms with Gasteiger partial charge in [0, 0.05) is 19.3 Å². The summed E-state index contributed by atoms with van der Waals surface area (Å²) in [6.45, 7) is 2.83. The molecule has 0 radical (unpaired) electrons. The molecule has 1 aliphatic rings. The Morgan fingerprint density at radius 3 is 2.11 bits per heavy atom. The summed E-state index contributed by atoms with van der Waals surface area (Å²) in [5.74, 6) is -4.44. The Morgan fingerprint density at radius 1 is 1.33 bits per heavy atom. The van der Waals surface area contributed by atoms with Gasteiger partial charge in [-0.25, -0.2) is 9.59 Å². The molecule has 96 valence electrons. The fourth-order valence-corrected chi connectivity index (χ4v) is 1.27.